The standard InChI is InChI=1S/C14H25N3O/c1-12(2)8-6-4-5-7-9-15-13-10-14(18-3)17-11-16-13/h10-12H,4-9H2,1-3H3,(H,15,16,17). The molecule has 0 aliphatic rings. The predicted octanol–water partition coefficient (Wildman–Crippen LogP) is 3.50. The summed E-state index contributed by atoms with van der Waals surface area (Å²) in [6, 6.07) is 1.82. The molecule has 18 heavy (non-hydrogen) atoms. The van der Waals surface area contributed by atoms with Crippen LogP contribution in [0.5, 0.6) is 5.88 Å². The van der Waals surface area contributed by atoms with Crippen LogP contribution >= 0.6 is 0 Å². The molecule has 0 aliphatic carbocycles. The third-order valence-electron chi connectivity index (χ3n) is 2.87. The van der Waals surface area contributed by atoms with Crippen molar-refractivity contribution >= 4 is 5.82 Å². The van der Waals surface area contributed by atoms with Gasteiger partial charge in [-0.1, -0.05) is 39.5 Å². The van der Waals surface area contributed by atoms with E-state index in [4.69, 9.17) is 4.74 Å². The van der Waals surface area contributed by atoms with Gasteiger partial charge in [0.15, 0.2) is 0 Å². The molecule has 1 rings (SSSR count). The zero-order valence-corrected chi connectivity index (χ0v) is 11.8. The smallest absolute Gasteiger partial charge is 0.218 e. The van der Waals surface area contributed by atoms with Gasteiger partial charge in [-0.25, -0.2) is 9.97 Å². The Labute approximate surface area is 110 Å². The van der Waals surface area contributed by atoms with Crippen molar-refractivity contribution < 1.29 is 4.74 Å². The van der Waals surface area contributed by atoms with Crippen LogP contribution < -0.4 is 10.1 Å². The van der Waals surface area contributed by atoms with E-state index in [0.717, 1.165) is 18.3 Å². The minimum atomic E-state index is 0.601. The highest BCUT2D eigenvalue weighted by Crippen LogP contribution is 2.11. The van der Waals surface area contributed by atoms with Crippen LogP contribution in [0.1, 0.15) is 46.0 Å². The molecule has 4 heteroatoms. The van der Waals surface area contributed by atoms with Crippen molar-refractivity contribution in [3.8, 4) is 5.88 Å². The number of aromatic nitrogens is 2. The Morgan fingerprint density at radius 2 is 1.94 bits per heavy atom. The first kappa shape index (κ1) is 14.7. The second-order valence-electron chi connectivity index (χ2n) is 4.97. The lowest BCUT2D eigenvalue weighted by Gasteiger charge is -2.07. The molecule has 0 saturated carbocycles. The lowest BCUT2D eigenvalue weighted by atomic mass is 10.0. The summed E-state index contributed by atoms with van der Waals surface area (Å²) in [5.41, 5.74) is 0. The summed E-state index contributed by atoms with van der Waals surface area (Å²) in [6.45, 7) is 5.52. The fraction of sp³-hybridized carbons (Fsp3) is 0.714. The first-order valence-corrected chi connectivity index (χ1v) is 6.82. The van der Waals surface area contributed by atoms with Crippen LogP contribution in [-0.4, -0.2) is 23.6 Å². The fourth-order valence-corrected chi connectivity index (χ4v) is 1.80. The van der Waals surface area contributed by atoms with Gasteiger partial charge < -0.3 is 10.1 Å². The first-order valence-electron chi connectivity index (χ1n) is 6.82. The number of methoxy groups -OCH3 is 1. The van der Waals surface area contributed by atoms with Crippen molar-refractivity contribution in [1.82, 2.24) is 9.97 Å². The number of nitrogens with zero attached hydrogens (tertiary/aromatic N) is 2. The van der Waals surface area contributed by atoms with E-state index in [1.165, 1.54) is 38.4 Å². The molecule has 1 N–H and O–H groups in total. The zero-order valence-electron chi connectivity index (χ0n) is 11.8. The number of unbranched alkanes of at least 4 members (excludes halogenated alkanes) is 3. The van der Waals surface area contributed by atoms with Crippen LogP contribution in [0.15, 0.2) is 12.4 Å². The number of hydrogen-bond donors (Lipinski definition) is 1. The van der Waals surface area contributed by atoms with E-state index in [2.05, 4.69) is 29.1 Å². The number of rotatable bonds is 9. The quantitative estimate of drug-likeness (QED) is 0.682. The van der Waals surface area contributed by atoms with Gasteiger partial charge in [-0.2, -0.15) is 0 Å². The summed E-state index contributed by atoms with van der Waals surface area (Å²) >= 11 is 0. The minimum absolute atomic E-state index is 0.601. The van der Waals surface area contributed by atoms with E-state index in [1.807, 2.05) is 6.07 Å². The third kappa shape index (κ3) is 6.42. The summed E-state index contributed by atoms with van der Waals surface area (Å²) in [6.07, 6.45) is 8.00. The highest BCUT2D eigenvalue weighted by molar-refractivity contribution is 5.36. The van der Waals surface area contributed by atoms with Crippen LogP contribution in [-0.2, 0) is 0 Å². The molecule has 0 atom stereocenters. The van der Waals surface area contributed by atoms with Crippen molar-refractivity contribution in [2.75, 3.05) is 19.0 Å². The summed E-state index contributed by atoms with van der Waals surface area (Å²) in [7, 11) is 1.61. The van der Waals surface area contributed by atoms with E-state index in [-0.39, 0.29) is 0 Å². The maximum atomic E-state index is 5.05. The Kier molecular flexibility index (Phi) is 7.14. The number of nitrogens with one attached hydrogen (secondary N) is 1. The second kappa shape index (κ2) is 8.72. The highest BCUT2D eigenvalue weighted by Gasteiger charge is 1.98. The molecular weight excluding hydrogens is 226 g/mol. The number of anilines is 1. The van der Waals surface area contributed by atoms with Crippen molar-refractivity contribution in [2.45, 2.75) is 46.0 Å². The van der Waals surface area contributed by atoms with Crippen molar-refractivity contribution in [3.63, 3.8) is 0 Å². The Morgan fingerprint density at radius 1 is 1.17 bits per heavy atom. The molecular formula is C14H25N3O. The van der Waals surface area contributed by atoms with Crippen LogP contribution in [0.25, 0.3) is 0 Å². The highest BCUT2D eigenvalue weighted by atomic mass is 16.5. The molecule has 0 fully saturated rings. The van der Waals surface area contributed by atoms with E-state index < -0.39 is 0 Å². The Bertz CT molecular complexity index is 329. The Hall–Kier alpha value is -1.32. The molecule has 0 saturated heterocycles. The lowest BCUT2D eigenvalue weighted by Crippen LogP contribution is -2.04. The number of hydrogen-bond acceptors (Lipinski definition) is 4. The van der Waals surface area contributed by atoms with Gasteiger partial charge in [0.1, 0.15) is 12.1 Å². The number of ether oxygens (including phenoxy) is 1. The van der Waals surface area contributed by atoms with E-state index in [0.29, 0.717) is 5.88 Å². The van der Waals surface area contributed by atoms with Gasteiger partial charge in [-0.3, -0.25) is 0 Å². The van der Waals surface area contributed by atoms with Gasteiger partial charge in [0, 0.05) is 12.6 Å². The molecule has 0 radical (unpaired) electrons. The van der Waals surface area contributed by atoms with E-state index in [9.17, 15) is 0 Å². The maximum Gasteiger partial charge on any atom is 0.218 e. The van der Waals surface area contributed by atoms with Crippen molar-refractivity contribution in [2.24, 2.45) is 5.92 Å². The topological polar surface area (TPSA) is 47.0 Å². The van der Waals surface area contributed by atoms with Crippen LogP contribution in [0.4, 0.5) is 5.82 Å². The molecule has 1 aromatic heterocycles. The largest absolute Gasteiger partial charge is 0.481 e. The van der Waals surface area contributed by atoms with E-state index >= 15 is 0 Å². The van der Waals surface area contributed by atoms with Gasteiger partial charge in [-0.15, -0.1) is 0 Å². The molecule has 0 aliphatic heterocycles. The molecule has 1 heterocycles. The molecule has 4 nitrogen and oxygen atoms in total. The average molecular weight is 251 g/mol. The lowest BCUT2D eigenvalue weighted by molar-refractivity contribution is 0.397. The van der Waals surface area contributed by atoms with E-state index in [1.54, 1.807) is 7.11 Å². The average Bonchev–Trinajstić information content (AvgIpc) is 2.37. The van der Waals surface area contributed by atoms with Gasteiger partial charge >= 0.3 is 0 Å². The summed E-state index contributed by atoms with van der Waals surface area (Å²) in [5, 5.41) is 3.29. The van der Waals surface area contributed by atoms with Crippen LogP contribution in [0.2, 0.25) is 0 Å². The monoisotopic (exact) mass is 251 g/mol. The van der Waals surface area contributed by atoms with Crippen molar-refractivity contribution in [3.05, 3.63) is 12.4 Å². The zero-order chi connectivity index (χ0) is 13.2. The molecule has 0 bridgehead atoms. The molecule has 102 valence electrons. The van der Waals surface area contributed by atoms with Gasteiger partial charge in [0.05, 0.1) is 7.11 Å². The summed E-state index contributed by atoms with van der Waals surface area (Å²) < 4.78 is 5.05. The normalized spacial score (nSPS) is 10.7. The molecule has 0 spiro atoms. The predicted molar refractivity (Wildman–Crippen MR) is 75.0 cm³/mol. The van der Waals surface area contributed by atoms with Crippen LogP contribution in [0.3, 0.4) is 0 Å². The van der Waals surface area contributed by atoms with Gasteiger partial charge in [-0.05, 0) is 12.3 Å². The molecule has 0 unspecified atom stereocenters. The Morgan fingerprint density at radius 3 is 2.67 bits per heavy atom. The van der Waals surface area contributed by atoms with Crippen LogP contribution in [0, 0.1) is 5.92 Å². The van der Waals surface area contributed by atoms with Gasteiger partial charge in [0.2, 0.25) is 5.88 Å². The summed E-state index contributed by atoms with van der Waals surface area (Å²) in [4.78, 5) is 8.11. The second-order valence-corrected chi connectivity index (χ2v) is 4.97. The minimum Gasteiger partial charge on any atom is -0.481 e. The first-order chi connectivity index (χ1) is 8.72. The SMILES string of the molecule is COc1cc(NCCCCCCC(C)C)ncn1. The summed E-state index contributed by atoms with van der Waals surface area (Å²) in [5.74, 6) is 2.27. The Balaban J connectivity index is 2.06. The molecule has 1 aromatic rings. The van der Waals surface area contributed by atoms with Gasteiger partial charge in [0.25, 0.3) is 0 Å². The molecule has 0 aromatic carbocycles. The fourth-order valence-electron chi connectivity index (χ4n) is 1.80. The third-order valence-corrected chi connectivity index (χ3v) is 2.87. The van der Waals surface area contributed by atoms with Crippen molar-refractivity contribution in [1.29, 1.82) is 0 Å². The maximum absolute atomic E-state index is 5.05. The molecule has 0 amide bonds.